The molecule has 1 aliphatic heterocycles. The summed E-state index contributed by atoms with van der Waals surface area (Å²) in [6.07, 6.45) is 15.6. The van der Waals surface area contributed by atoms with Crippen molar-refractivity contribution in [1.82, 2.24) is 20.2 Å². The Kier molecular flexibility index (Phi) is 12.8. The third kappa shape index (κ3) is 10.9. The Labute approximate surface area is 243 Å². The monoisotopic (exact) mass is 549 g/mol. The second-order valence-corrected chi connectivity index (χ2v) is 12.5. The van der Waals surface area contributed by atoms with E-state index < -0.39 is 0 Å². The standard InChI is InChI=1S/C33H55N7/c1-27(2)17-19-39-20-22-40(23-21-39)32-24-31(34)37-33(38-32)36-26-30-15-13-29(14-16-30)25-35-18-9-4-3-6-10-28-11-7-5-8-12-28/h13-16,24,27-28,35H,3-12,17-23,25-26H2,1-2H3,(H3,34,36,37,38). The third-order valence-corrected chi connectivity index (χ3v) is 8.69. The summed E-state index contributed by atoms with van der Waals surface area (Å²) in [6, 6.07) is 10.7. The van der Waals surface area contributed by atoms with E-state index in [0.717, 1.165) is 56.9 Å². The van der Waals surface area contributed by atoms with Gasteiger partial charge in [-0.25, -0.2) is 0 Å². The fraction of sp³-hybridized carbons (Fsp3) is 0.697. The highest BCUT2D eigenvalue weighted by Gasteiger charge is 2.19. The van der Waals surface area contributed by atoms with E-state index in [1.807, 2.05) is 6.07 Å². The van der Waals surface area contributed by atoms with E-state index in [-0.39, 0.29) is 0 Å². The van der Waals surface area contributed by atoms with Crippen LogP contribution in [-0.4, -0.2) is 54.1 Å². The van der Waals surface area contributed by atoms with E-state index in [4.69, 9.17) is 10.7 Å². The van der Waals surface area contributed by atoms with Gasteiger partial charge in [-0.2, -0.15) is 9.97 Å². The van der Waals surface area contributed by atoms with Crippen molar-refractivity contribution in [3.05, 3.63) is 41.5 Å². The molecule has 2 heterocycles. The predicted octanol–water partition coefficient (Wildman–Crippen LogP) is 6.46. The van der Waals surface area contributed by atoms with Crippen molar-refractivity contribution < 1.29 is 0 Å². The number of nitrogens with one attached hydrogen (secondary N) is 2. The van der Waals surface area contributed by atoms with Crippen molar-refractivity contribution in [3.8, 4) is 0 Å². The molecule has 0 spiro atoms. The zero-order valence-electron chi connectivity index (χ0n) is 25.3. The Morgan fingerprint density at radius 2 is 1.57 bits per heavy atom. The van der Waals surface area contributed by atoms with Crippen molar-refractivity contribution >= 4 is 17.6 Å². The molecule has 4 rings (SSSR count). The largest absolute Gasteiger partial charge is 0.383 e. The molecule has 7 nitrogen and oxygen atoms in total. The van der Waals surface area contributed by atoms with Gasteiger partial charge >= 0.3 is 0 Å². The molecule has 2 aromatic rings. The lowest BCUT2D eigenvalue weighted by Crippen LogP contribution is -2.47. The van der Waals surface area contributed by atoms with Crippen LogP contribution in [-0.2, 0) is 13.1 Å². The highest BCUT2D eigenvalue weighted by Crippen LogP contribution is 2.28. The maximum Gasteiger partial charge on any atom is 0.226 e. The number of unbranched alkanes of at least 4 members (excludes halogenated alkanes) is 3. The van der Waals surface area contributed by atoms with E-state index in [0.29, 0.717) is 18.3 Å². The van der Waals surface area contributed by atoms with Crippen LogP contribution in [0.4, 0.5) is 17.6 Å². The highest BCUT2D eigenvalue weighted by molar-refractivity contribution is 5.52. The Balaban J connectivity index is 1.11. The summed E-state index contributed by atoms with van der Waals surface area (Å²) in [4.78, 5) is 14.1. The summed E-state index contributed by atoms with van der Waals surface area (Å²) in [7, 11) is 0. The van der Waals surface area contributed by atoms with Gasteiger partial charge in [-0.15, -0.1) is 0 Å². The molecule has 40 heavy (non-hydrogen) atoms. The molecule has 222 valence electrons. The van der Waals surface area contributed by atoms with Crippen LogP contribution in [0.25, 0.3) is 0 Å². The molecule has 0 atom stereocenters. The van der Waals surface area contributed by atoms with Crippen LogP contribution >= 0.6 is 0 Å². The second kappa shape index (κ2) is 16.8. The maximum absolute atomic E-state index is 6.15. The molecule has 0 radical (unpaired) electrons. The first-order chi connectivity index (χ1) is 19.5. The molecule has 2 aliphatic rings. The first kappa shape index (κ1) is 30.6. The Morgan fingerprint density at radius 1 is 0.875 bits per heavy atom. The van der Waals surface area contributed by atoms with Gasteiger partial charge in [0.1, 0.15) is 11.6 Å². The fourth-order valence-electron chi connectivity index (χ4n) is 6.04. The minimum atomic E-state index is 0.514. The number of rotatable bonds is 16. The highest BCUT2D eigenvalue weighted by atomic mass is 15.3. The topological polar surface area (TPSA) is 82.3 Å². The van der Waals surface area contributed by atoms with Crippen molar-refractivity contribution in [2.24, 2.45) is 11.8 Å². The minimum absolute atomic E-state index is 0.514. The quantitative estimate of drug-likeness (QED) is 0.207. The van der Waals surface area contributed by atoms with Crippen LogP contribution < -0.4 is 21.3 Å². The molecule has 1 saturated carbocycles. The van der Waals surface area contributed by atoms with E-state index in [9.17, 15) is 0 Å². The van der Waals surface area contributed by atoms with Gasteiger partial charge in [0.2, 0.25) is 5.95 Å². The molecular formula is C33H55N7. The molecule has 2 fully saturated rings. The van der Waals surface area contributed by atoms with E-state index in [1.165, 1.54) is 88.3 Å². The normalized spacial score (nSPS) is 17.0. The SMILES string of the molecule is CC(C)CCN1CCN(c2cc(N)nc(NCc3ccc(CNCCCCCCC4CCCCC4)cc3)n2)CC1. The van der Waals surface area contributed by atoms with Crippen molar-refractivity contribution in [3.63, 3.8) is 0 Å². The van der Waals surface area contributed by atoms with Gasteiger partial charge in [-0.05, 0) is 48.9 Å². The summed E-state index contributed by atoms with van der Waals surface area (Å²) < 4.78 is 0. The molecule has 7 heteroatoms. The van der Waals surface area contributed by atoms with Gasteiger partial charge in [0, 0.05) is 45.3 Å². The minimum Gasteiger partial charge on any atom is -0.383 e. The molecule has 0 bridgehead atoms. The molecule has 0 amide bonds. The average molecular weight is 550 g/mol. The van der Waals surface area contributed by atoms with Crippen LogP contribution in [0, 0.1) is 11.8 Å². The summed E-state index contributed by atoms with van der Waals surface area (Å²) in [5, 5.41) is 7.00. The van der Waals surface area contributed by atoms with Crippen LogP contribution in [0.15, 0.2) is 30.3 Å². The molecule has 0 unspecified atom stereocenters. The Morgan fingerprint density at radius 3 is 2.30 bits per heavy atom. The van der Waals surface area contributed by atoms with E-state index in [1.54, 1.807) is 0 Å². The van der Waals surface area contributed by atoms with Crippen LogP contribution in [0.1, 0.15) is 95.6 Å². The number of nitrogen functional groups attached to an aromatic ring is 1. The lowest BCUT2D eigenvalue weighted by Gasteiger charge is -2.35. The van der Waals surface area contributed by atoms with E-state index in [2.05, 4.69) is 63.5 Å². The first-order valence-corrected chi connectivity index (χ1v) is 16.2. The molecular weight excluding hydrogens is 494 g/mol. The summed E-state index contributed by atoms with van der Waals surface area (Å²) >= 11 is 0. The molecule has 1 saturated heterocycles. The molecule has 4 N–H and O–H groups in total. The molecule has 1 aliphatic carbocycles. The van der Waals surface area contributed by atoms with Gasteiger partial charge in [0.15, 0.2) is 0 Å². The number of benzene rings is 1. The Bertz CT molecular complexity index is 963. The number of anilines is 3. The smallest absolute Gasteiger partial charge is 0.226 e. The summed E-state index contributed by atoms with van der Waals surface area (Å²) in [6.45, 7) is 12.6. The van der Waals surface area contributed by atoms with Gasteiger partial charge in [-0.3, -0.25) is 4.90 Å². The molecule has 1 aromatic carbocycles. The van der Waals surface area contributed by atoms with E-state index >= 15 is 0 Å². The van der Waals surface area contributed by atoms with Gasteiger partial charge < -0.3 is 21.3 Å². The predicted molar refractivity (Wildman–Crippen MR) is 170 cm³/mol. The fourth-order valence-corrected chi connectivity index (χ4v) is 6.04. The number of aromatic nitrogens is 2. The van der Waals surface area contributed by atoms with Crippen molar-refractivity contribution in [1.29, 1.82) is 0 Å². The molecule has 1 aromatic heterocycles. The van der Waals surface area contributed by atoms with Gasteiger partial charge in [0.05, 0.1) is 0 Å². The van der Waals surface area contributed by atoms with Crippen molar-refractivity contribution in [2.75, 3.05) is 55.2 Å². The van der Waals surface area contributed by atoms with Gasteiger partial charge in [0.25, 0.3) is 0 Å². The summed E-state index contributed by atoms with van der Waals surface area (Å²) in [5.74, 6) is 3.82. The number of hydrogen-bond acceptors (Lipinski definition) is 7. The van der Waals surface area contributed by atoms with Crippen LogP contribution in [0.3, 0.4) is 0 Å². The number of nitrogens with two attached hydrogens (primary N) is 1. The maximum atomic E-state index is 6.15. The zero-order chi connectivity index (χ0) is 28.0. The zero-order valence-corrected chi connectivity index (χ0v) is 25.3. The number of nitrogens with zero attached hydrogens (tertiary/aromatic N) is 4. The Hall–Kier alpha value is -2.38. The van der Waals surface area contributed by atoms with Gasteiger partial charge in [-0.1, -0.05) is 95.9 Å². The summed E-state index contributed by atoms with van der Waals surface area (Å²) in [5.41, 5.74) is 8.70. The average Bonchev–Trinajstić information content (AvgIpc) is 2.97. The first-order valence-electron chi connectivity index (χ1n) is 16.2. The second-order valence-electron chi connectivity index (χ2n) is 12.5. The third-order valence-electron chi connectivity index (χ3n) is 8.69. The number of hydrogen-bond donors (Lipinski definition) is 3. The number of piperazine rings is 1. The lowest BCUT2D eigenvalue weighted by atomic mass is 9.85. The van der Waals surface area contributed by atoms with Crippen LogP contribution in [0.2, 0.25) is 0 Å². The lowest BCUT2D eigenvalue weighted by molar-refractivity contribution is 0.243. The van der Waals surface area contributed by atoms with Crippen LogP contribution in [0.5, 0.6) is 0 Å². The van der Waals surface area contributed by atoms with Crippen molar-refractivity contribution in [2.45, 2.75) is 97.6 Å².